The first-order valence-corrected chi connectivity index (χ1v) is 4.37. The summed E-state index contributed by atoms with van der Waals surface area (Å²) in [6.45, 7) is 3.95. The molecule has 0 saturated carbocycles. The van der Waals surface area contributed by atoms with Gasteiger partial charge >= 0.3 is 6.18 Å². The lowest BCUT2D eigenvalue weighted by molar-refractivity contribution is -0.142. The molecule has 0 radical (unpaired) electrons. The summed E-state index contributed by atoms with van der Waals surface area (Å²) in [4.78, 5) is 11.3. The molecule has 0 aromatic heterocycles. The van der Waals surface area contributed by atoms with Crippen LogP contribution in [0, 0.1) is 16.7 Å². The van der Waals surface area contributed by atoms with Gasteiger partial charge in [0.2, 0.25) is 5.91 Å². The molecule has 0 aliphatic heterocycles. The summed E-state index contributed by atoms with van der Waals surface area (Å²) < 4.78 is 35.8. The summed E-state index contributed by atoms with van der Waals surface area (Å²) in [5, 5.41) is 10.7. The summed E-state index contributed by atoms with van der Waals surface area (Å²) in [6, 6.07) is 0.693. The van der Waals surface area contributed by atoms with Crippen molar-refractivity contribution in [2.45, 2.75) is 39.4 Å². The van der Waals surface area contributed by atoms with Crippen LogP contribution in [0.3, 0.4) is 0 Å². The van der Waals surface area contributed by atoms with Crippen molar-refractivity contribution in [2.75, 3.05) is 0 Å². The van der Waals surface area contributed by atoms with Crippen molar-refractivity contribution >= 4 is 5.91 Å². The van der Waals surface area contributed by atoms with Crippen LogP contribution in [0.5, 0.6) is 0 Å². The number of carbonyl (C=O) groups is 1. The lowest BCUT2D eigenvalue weighted by atomic mass is 9.94. The Bertz CT molecular complexity index is 278. The lowest BCUT2D eigenvalue weighted by Gasteiger charge is -2.20. The zero-order chi connectivity index (χ0) is 12.3. The maximum Gasteiger partial charge on any atom is 0.391 e. The van der Waals surface area contributed by atoms with Crippen LogP contribution in [0.1, 0.15) is 27.2 Å². The van der Waals surface area contributed by atoms with Gasteiger partial charge in [-0.2, -0.15) is 18.4 Å². The minimum atomic E-state index is -4.32. The monoisotopic (exact) mass is 222 g/mol. The fourth-order valence-corrected chi connectivity index (χ4v) is 0.853. The molecule has 0 aliphatic rings. The number of hydrogen-bond donors (Lipinski definition) is 1. The highest BCUT2D eigenvalue weighted by Gasteiger charge is 2.33. The minimum absolute atomic E-state index is 0.693. The standard InChI is InChI=1S/C9H13F3N2O/c1-6(4-9(10,11)12)14-7(15)8(2,3)5-13/h6H,4H2,1-3H3,(H,14,15). The molecule has 86 valence electrons. The highest BCUT2D eigenvalue weighted by Crippen LogP contribution is 2.22. The third-order valence-electron chi connectivity index (χ3n) is 1.76. The van der Waals surface area contributed by atoms with Crippen LogP contribution in [-0.4, -0.2) is 18.1 Å². The van der Waals surface area contributed by atoms with Crippen molar-refractivity contribution in [1.82, 2.24) is 5.32 Å². The van der Waals surface area contributed by atoms with E-state index in [9.17, 15) is 18.0 Å². The summed E-state index contributed by atoms with van der Waals surface area (Å²) in [7, 11) is 0. The predicted octanol–water partition coefficient (Wildman–Crippen LogP) is 1.99. The molecule has 15 heavy (non-hydrogen) atoms. The van der Waals surface area contributed by atoms with E-state index in [1.54, 1.807) is 6.07 Å². The van der Waals surface area contributed by atoms with Gasteiger partial charge in [-0.3, -0.25) is 4.79 Å². The number of halogens is 3. The second kappa shape index (κ2) is 4.51. The molecule has 6 heteroatoms. The van der Waals surface area contributed by atoms with Crippen molar-refractivity contribution < 1.29 is 18.0 Å². The van der Waals surface area contributed by atoms with Gasteiger partial charge in [-0.25, -0.2) is 0 Å². The third kappa shape index (κ3) is 5.25. The van der Waals surface area contributed by atoms with Gasteiger partial charge < -0.3 is 5.32 Å². The molecular formula is C9H13F3N2O. The first-order chi connectivity index (χ1) is 6.58. The van der Waals surface area contributed by atoms with Crippen LogP contribution < -0.4 is 5.32 Å². The molecule has 0 aliphatic carbocycles. The minimum Gasteiger partial charge on any atom is -0.352 e. The normalized spacial score (nSPS) is 14.2. The molecular weight excluding hydrogens is 209 g/mol. The fraction of sp³-hybridized carbons (Fsp3) is 0.778. The van der Waals surface area contributed by atoms with Crippen LogP contribution in [0.25, 0.3) is 0 Å². The zero-order valence-electron chi connectivity index (χ0n) is 8.77. The van der Waals surface area contributed by atoms with E-state index in [0.717, 1.165) is 0 Å². The van der Waals surface area contributed by atoms with Gasteiger partial charge in [-0.05, 0) is 20.8 Å². The van der Waals surface area contributed by atoms with Gasteiger partial charge in [0, 0.05) is 6.04 Å². The molecule has 1 amide bonds. The van der Waals surface area contributed by atoms with Crippen LogP contribution in [-0.2, 0) is 4.79 Å². The number of amides is 1. The molecule has 3 nitrogen and oxygen atoms in total. The first-order valence-electron chi connectivity index (χ1n) is 4.37. The number of hydrogen-bond acceptors (Lipinski definition) is 2. The maximum absolute atomic E-state index is 11.9. The molecule has 1 atom stereocenters. The highest BCUT2D eigenvalue weighted by atomic mass is 19.4. The van der Waals surface area contributed by atoms with Crippen LogP contribution in [0.2, 0.25) is 0 Å². The number of carbonyl (C=O) groups excluding carboxylic acids is 1. The van der Waals surface area contributed by atoms with Gasteiger partial charge in [0.25, 0.3) is 0 Å². The molecule has 0 rings (SSSR count). The summed E-state index contributed by atoms with van der Waals surface area (Å²) in [5.41, 5.74) is -1.31. The van der Waals surface area contributed by atoms with E-state index in [-0.39, 0.29) is 0 Å². The number of nitrogens with one attached hydrogen (secondary N) is 1. The van der Waals surface area contributed by atoms with Crippen LogP contribution in [0.4, 0.5) is 13.2 Å². The molecule has 0 aromatic carbocycles. The number of nitrogens with zero attached hydrogens (tertiary/aromatic N) is 1. The number of nitriles is 1. The van der Waals surface area contributed by atoms with E-state index in [1.807, 2.05) is 0 Å². The van der Waals surface area contributed by atoms with E-state index in [4.69, 9.17) is 5.26 Å². The van der Waals surface area contributed by atoms with Gasteiger partial charge in [-0.1, -0.05) is 0 Å². The lowest BCUT2D eigenvalue weighted by Crippen LogP contribution is -2.42. The zero-order valence-corrected chi connectivity index (χ0v) is 8.77. The SMILES string of the molecule is CC(CC(F)(F)F)NC(=O)C(C)(C)C#N. The Morgan fingerprint density at radius 2 is 1.93 bits per heavy atom. The Kier molecular flexibility index (Phi) is 4.14. The smallest absolute Gasteiger partial charge is 0.352 e. The van der Waals surface area contributed by atoms with Crippen molar-refractivity contribution in [1.29, 1.82) is 5.26 Å². The van der Waals surface area contributed by atoms with Gasteiger partial charge in [-0.15, -0.1) is 0 Å². The Hall–Kier alpha value is -1.25. The largest absolute Gasteiger partial charge is 0.391 e. The topological polar surface area (TPSA) is 52.9 Å². The average Bonchev–Trinajstić information content (AvgIpc) is 2.00. The van der Waals surface area contributed by atoms with Gasteiger partial charge in [0.1, 0.15) is 5.41 Å². The van der Waals surface area contributed by atoms with E-state index in [0.29, 0.717) is 0 Å². The molecule has 1 N–H and O–H groups in total. The third-order valence-corrected chi connectivity index (χ3v) is 1.76. The van der Waals surface area contributed by atoms with E-state index < -0.39 is 30.0 Å². The Labute approximate surface area is 86.3 Å². The number of alkyl halides is 3. The van der Waals surface area contributed by atoms with Crippen LogP contribution in [0.15, 0.2) is 0 Å². The van der Waals surface area contributed by atoms with E-state index in [2.05, 4.69) is 5.32 Å². The highest BCUT2D eigenvalue weighted by molar-refractivity contribution is 5.84. The predicted molar refractivity (Wildman–Crippen MR) is 47.7 cm³/mol. The second-order valence-corrected chi connectivity index (χ2v) is 3.93. The fourth-order valence-electron chi connectivity index (χ4n) is 0.853. The number of rotatable bonds is 3. The molecule has 0 fully saturated rings. The van der Waals surface area contributed by atoms with Crippen LogP contribution >= 0.6 is 0 Å². The van der Waals surface area contributed by atoms with E-state index in [1.165, 1.54) is 20.8 Å². The first kappa shape index (κ1) is 13.8. The quantitative estimate of drug-likeness (QED) is 0.793. The maximum atomic E-state index is 11.9. The van der Waals surface area contributed by atoms with Crippen molar-refractivity contribution in [3.8, 4) is 6.07 Å². The Morgan fingerprint density at radius 3 is 2.27 bits per heavy atom. The second-order valence-electron chi connectivity index (χ2n) is 3.93. The summed E-state index contributed by atoms with van der Waals surface area (Å²) in [6.07, 6.45) is -5.41. The Morgan fingerprint density at radius 1 is 1.47 bits per heavy atom. The van der Waals surface area contributed by atoms with Crippen molar-refractivity contribution in [3.05, 3.63) is 0 Å². The van der Waals surface area contributed by atoms with Crippen molar-refractivity contribution in [2.24, 2.45) is 5.41 Å². The molecule has 1 unspecified atom stereocenters. The molecule has 0 saturated heterocycles. The molecule has 0 heterocycles. The molecule has 0 bridgehead atoms. The Balaban J connectivity index is 4.27. The molecule has 0 spiro atoms. The average molecular weight is 222 g/mol. The van der Waals surface area contributed by atoms with Crippen molar-refractivity contribution in [3.63, 3.8) is 0 Å². The molecule has 0 aromatic rings. The van der Waals surface area contributed by atoms with Gasteiger partial charge in [0.15, 0.2) is 0 Å². The summed E-state index contributed by atoms with van der Waals surface area (Å²) >= 11 is 0. The summed E-state index contributed by atoms with van der Waals surface area (Å²) in [5.74, 6) is -0.693. The van der Waals surface area contributed by atoms with Gasteiger partial charge in [0.05, 0.1) is 12.5 Å². The van der Waals surface area contributed by atoms with E-state index >= 15 is 0 Å².